The Morgan fingerprint density at radius 1 is 0.912 bits per heavy atom. The second-order valence-corrected chi connectivity index (χ2v) is 8.93. The second-order valence-electron chi connectivity index (χ2n) is 7.25. The van der Waals surface area contributed by atoms with E-state index >= 15 is 0 Å². The Morgan fingerprint density at radius 2 is 1.59 bits per heavy atom. The third-order valence-electron chi connectivity index (χ3n) is 4.83. The number of oxazole rings is 1. The molecule has 0 aliphatic heterocycles. The number of hydrogen-bond donors (Lipinski definition) is 2. The van der Waals surface area contributed by atoms with Gasteiger partial charge in [-0.15, -0.1) is 0 Å². The fourth-order valence-electron chi connectivity index (χ4n) is 3.14. The van der Waals surface area contributed by atoms with E-state index in [-0.39, 0.29) is 46.3 Å². The molecule has 1 aromatic heterocycles. The fourth-order valence-corrected chi connectivity index (χ4v) is 4.22. The highest BCUT2D eigenvalue weighted by molar-refractivity contribution is 7.92. The fraction of sp³-hybridized carbons (Fsp3) is 0.0833. The summed E-state index contributed by atoms with van der Waals surface area (Å²) >= 11 is 0. The number of sulfonamides is 1. The number of amides is 1. The monoisotopic (exact) mass is 483 g/mol. The van der Waals surface area contributed by atoms with E-state index in [0.29, 0.717) is 0 Å². The molecular formula is C24H19F2N3O4S. The molecule has 0 bridgehead atoms. The summed E-state index contributed by atoms with van der Waals surface area (Å²) in [6, 6.07) is 16.8. The molecule has 0 unspecified atom stereocenters. The van der Waals surface area contributed by atoms with Gasteiger partial charge in [0.2, 0.25) is 5.91 Å². The van der Waals surface area contributed by atoms with Crippen molar-refractivity contribution in [3.8, 4) is 11.3 Å². The van der Waals surface area contributed by atoms with Gasteiger partial charge in [0.1, 0.15) is 11.6 Å². The predicted octanol–water partition coefficient (Wildman–Crippen LogP) is 4.99. The highest BCUT2D eigenvalue weighted by Gasteiger charge is 2.17. The van der Waals surface area contributed by atoms with E-state index in [1.165, 1.54) is 18.3 Å². The molecule has 34 heavy (non-hydrogen) atoms. The van der Waals surface area contributed by atoms with E-state index in [9.17, 15) is 22.0 Å². The lowest BCUT2D eigenvalue weighted by Gasteiger charge is -2.13. The molecule has 3 aromatic carbocycles. The molecule has 0 fully saturated rings. The molecule has 0 saturated carbocycles. The van der Waals surface area contributed by atoms with Crippen molar-refractivity contribution >= 4 is 27.3 Å². The smallest absolute Gasteiger partial charge is 0.261 e. The van der Waals surface area contributed by atoms with Crippen LogP contribution < -0.4 is 10.0 Å². The lowest BCUT2D eigenvalue weighted by atomic mass is 10.2. The Labute approximate surface area is 194 Å². The van der Waals surface area contributed by atoms with Crippen molar-refractivity contribution in [2.45, 2.75) is 17.7 Å². The Morgan fingerprint density at radius 3 is 2.32 bits per heavy atom. The van der Waals surface area contributed by atoms with E-state index in [2.05, 4.69) is 15.0 Å². The third kappa shape index (κ3) is 5.46. The molecule has 0 aliphatic carbocycles. The second kappa shape index (κ2) is 9.84. The molecule has 1 amide bonds. The van der Waals surface area contributed by atoms with Crippen molar-refractivity contribution in [1.82, 2.24) is 4.98 Å². The summed E-state index contributed by atoms with van der Waals surface area (Å²) in [5.74, 6) is -0.881. The number of carbonyl (C=O) groups excluding carboxylic acids is 1. The number of nitrogens with one attached hydrogen (secondary N) is 2. The number of para-hydroxylation sites is 2. The van der Waals surface area contributed by atoms with Crippen molar-refractivity contribution in [3.05, 3.63) is 96.5 Å². The minimum absolute atomic E-state index is 0.00370. The van der Waals surface area contributed by atoms with Crippen LogP contribution in [0, 0.1) is 11.6 Å². The van der Waals surface area contributed by atoms with Crippen LogP contribution in [0.2, 0.25) is 0 Å². The summed E-state index contributed by atoms with van der Waals surface area (Å²) in [7, 11) is -3.99. The molecule has 0 atom stereocenters. The average molecular weight is 483 g/mol. The van der Waals surface area contributed by atoms with E-state index in [1.807, 2.05) is 0 Å². The maximum Gasteiger partial charge on any atom is 0.261 e. The topological polar surface area (TPSA) is 101 Å². The molecule has 4 rings (SSSR count). The highest BCUT2D eigenvalue weighted by atomic mass is 32.2. The zero-order chi connectivity index (χ0) is 24.1. The lowest BCUT2D eigenvalue weighted by molar-refractivity contribution is -0.116. The normalized spacial score (nSPS) is 11.2. The van der Waals surface area contributed by atoms with Crippen LogP contribution in [0.1, 0.15) is 12.3 Å². The van der Waals surface area contributed by atoms with Gasteiger partial charge in [-0.1, -0.05) is 24.3 Å². The molecule has 1 heterocycles. The van der Waals surface area contributed by atoms with Crippen molar-refractivity contribution < 1.29 is 26.4 Å². The van der Waals surface area contributed by atoms with Gasteiger partial charge in [0, 0.05) is 12.8 Å². The van der Waals surface area contributed by atoms with Gasteiger partial charge in [0.15, 0.2) is 11.7 Å². The van der Waals surface area contributed by atoms with Gasteiger partial charge in [-0.25, -0.2) is 22.2 Å². The average Bonchev–Trinajstić information content (AvgIpc) is 3.28. The van der Waals surface area contributed by atoms with Gasteiger partial charge in [-0.2, -0.15) is 0 Å². The largest absolute Gasteiger partial charge is 0.441 e. The Hall–Kier alpha value is -4.05. The summed E-state index contributed by atoms with van der Waals surface area (Å²) in [5.41, 5.74) is 0.670. The van der Waals surface area contributed by atoms with Gasteiger partial charge in [-0.05, 0) is 48.5 Å². The first-order valence-corrected chi connectivity index (χ1v) is 11.7. The molecule has 4 aromatic rings. The molecule has 10 heteroatoms. The van der Waals surface area contributed by atoms with Gasteiger partial charge < -0.3 is 9.73 Å². The van der Waals surface area contributed by atoms with Crippen LogP contribution in [-0.2, 0) is 21.2 Å². The molecule has 0 spiro atoms. The zero-order valence-electron chi connectivity index (χ0n) is 17.7. The predicted molar refractivity (Wildman–Crippen MR) is 122 cm³/mol. The number of anilines is 2. The molecule has 7 nitrogen and oxygen atoms in total. The number of carbonyl (C=O) groups is 1. The minimum Gasteiger partial charge on any atom is -0.441 e. The van der Waals surface area contributed by atoms with Gasteiger partial charge >= 0.3 is 0 Å². The first-order valence-electron chi connectivity index (χ1n) is 10.2. The van der Waals surface area contributed by atoms with Gasteiger partial charge in [0.05, 0.1) is 28.0 Å². The van der Waals surface area contributed by atoms with Crippen molar-refractivity contribution in [2.24, 2.45) is 0 Å². The minimum atomic E-state index is -3.99. The molecule has 174 valence electrons. The molecular weight excluding hydrogens is 464 g/mol. The number of nitrogens with zero attached hydrogens (tertiary/aromatic N) is 1. The molecule has 2 N–H and O–H groups in total. The standard InChI is InChI=1S/C24H19F2N3O4S/c25-16-9-11-17(12-10-16)34(31,32)29-21-8-4-3-7-20(21)28-23(30)13-14-24-27-15-22(33-24)18-5-1-2-6-19(18)26/h1-12,15,29H,13-14H2,(H,28,30). The third-order valence-corrected chi connectivity index (χ3v) is 6.21. The summed E-state index contributed by atoms with van der Waals surface area (Å²) in [6.45, 7) is 0. The van der Waals surface area contributed by atoms with Crippen LogP contribution in [0.15, 0.2) is 88.3 Å². The summed E-state index contributed by atoms with van der Waals surface area (Å²) in [4.78, 5) is 16.4. The molecule has 0 aliphatic rings. The van der Waals surface area contributed by atoms with E-state index in [0.717, 1.165) is 24.3 Å². The van der Waals surface area contributed by atoms with Crippen LogP contribution in [-0.4, -0.2) is 19.3 Å². The number of aromatic nitrogens is 1. The van der Waals surface area contributed by atoms with Crippen LogP contribution in [0.3, 0.4) is 0 Å². The SMILES string of the molecule is O=C(CCc1ncc(-c2ccccc2F)o1)Nc1ccccc1NS(=O)(=O)c1ccc(F)cc1. The van der Waals surface area contributed by atoms with Crippen molar-refractivity contribution in [1.29, 1.82) is 0 Å². The Balaban J connectivity index is 1.41. The number of rotatable bonds is 8. The lowest BCUT2D eigenvalue weighted by Crippen LogP contribution is -2.17. The number of halogens is 2. The van der Waals surface area contributed by atoms with Crippen LogP contribution in [0.4, 0.5) is 20.2 Å². The first kappa shape index (κ1) is 23.1. The maximum atomic E-state index is 13.9. The number of hydrogen-bond acceptors (Lipinski definition) is 5. The van der Waals surface area contributed by atoms with Crippen LogP contribution >= 0.6 is 0 Å². The van der Waals surface area contributed by atoms with Crippen molar-refractivity contribution in [2.75, 3.05) is 10.0 Å². The Kier molecular flexibility index (Phi) is 6.69. The quantitative estimate of drug-likeness (QED) is 0.368. The Bertz CT molecular complexity index is 1420. The molecule has 0 saturated heterocycles. The van der Waals surface area contributed by atoms with Crippen molar-refractivity contribution in [3.63, 3.8) is 0 Å². The summed E-state index contributed by atoms with van der Waals surface area (Å²) in [5, 5.41) is 2.66. The number of benzene rings is 3. The zero-order valence-corrected chi connectivity index (χ0v) is 18.5. The highest BCUT2D eigenvalue weighted by Crippen LogP contribution is 2.26. The molecule has 0 radical (unpaired) electrons. The van der Waals surface area contributed by atoms with Crippen LogP contribution in [0.25, 0.3) is 11.3 Å². The van der Waals surface area contributed by atoms with Gasteiger partial charge in [-0.3, -0.25) is 9.52 Å². The van der Waals surface area contributed by atoms with E-state index in [4.69, 9.17) is 4.42 Å². The van der Waals surface area contributed by atoms with Gasteiger partial charge in [0.25, 0.3) is 10.0 Å². The summed E-state index contributed by atoms with van der Waals surface area (Å²) in [6.07, 6.45) is 1.55. The number of aryl methyl sites for hydroxylation is 1. The van der Waals surface area contributed by atoms with Crippen LogP contribution in [0.5, 0.6) is 0 Å². The van der Waals surface area contributed by atoms with E-state index in [1.54, 1.807) is 36.4 Å². The first-order chi connectivity index (χ1) is 16.3. The summed E-state index contributed by atoms with van der Waals surface area (Å²) < 4.78 is 60.2. The van der Waals surface area contributed by atoms with E-state index < -0.39 is 27.6 Å². The maximum absolute atomic E-state index is 13.9.